The minimum Gasteiger partial charge on any atom is -0.324 e. The van der Waals surface area contributed by atoms with E-state index >= 15 is 0 Å². The molecule has 0 bridgehead atoms. The van der Waals surface area contributed by atoms with Crippen molar-refractivity contribution in [1.29, 1.82) is 0 Å². The van der Waals surface area contributed by atoms with Crippen LogP contribution in [0.25, 0.3) is 0 Å². The molecule has 0 aliphatic heterocycles. The van der Waals surface area contributed by atoms with E-state index in [1.54, 1.807) is 24.7 Å². The smallest absolute Gasteiger partial charge is 0.263 e. The molecular weight excluding hydrogens is 442 g/mol. The second-order valence-corrected chi connectivity index (χ2v) is 8.76. The van der Waals surface area contributed by atoms with Crippen molar-refractivity contribution in [2.75, 3.05) is 10.0 Å². The first-order valence-electron chi connectivity index (χ1n) is 7.38. The van der Waals surface area contributed by atoms with Crippen LogP contribution < -0.4 is 10.0 Å². The normalized spacial score (nSPS) is 12.5. The van der Waals surface area contributed by atoms with Gasteiger partial charge < -0.3 is 5.32 Å². The molecule has 2 heterocycles. The van der Waals surface area contributed by atoms with Gasteiger partial charge in [-0.25, -0.2) is 13.4 Å². The lowest BCUT2D eigenvalue weighted by Crippen LogP contribution is -2.24. The van der Waals surface area contributed by atoms with Crippen molar-refractivity contribution in [3.05, 3.63) is 52.7 Å². The third-order valence-corrected chi connectivity index (χ3v) is 6.01. The van der Waals surface area contributed by atoms with Crippen molar-refractivity contribution in [2.45, 2.75) is 17.9 Å². The van der Waals surface area contributed by atoms with Crippen molar-refractivity contribution in [3.8, 4) is 0 Å². The number of hydrogen-bond acceptors (Lipinski definition) is 6. The van der Waals surface area contributed by atoms with E-state index in [0.717, 1.165) is 4.47 Å². The molecular formula is C15H14BrN5O3S2. The molecule has 0 aliphatic carbocycles. The van der Waals surface area contributed by atoms with E-state index in [1.807, 2.05) is 0 Å². The van der Waals surface area contributed by atoms with E-state index in [0.29, 0.717) is 10.8 Å². The fourth-order valence-electron chi connectivity index (χ4n) is 2.06. The molecule has 11 heteroatoms. The molecule has 0 fully saturated rings. The molecule has 1 unspecified atom stereocenters. The predicted molar refractivity (Wildman–Crippen MR) is 103 cm³/mol. The van der Waals surface area contributed by atoms with Gasteiger partial charge in [-0.3, -0.25) is 14.2 Å². The van der Waals surface area contributed by atoms with Crippen molar-refractivity contribution in [1.82, 2.24) is 14.8 Å². The molecule has 3 aromatic rings. The second kappa shape index (κ2) is 7.56. The van der Waals surface area contributed by atoms with Gasteiger partial charge in [0, 0.05) is 23.5 Å². The van der Waals surface area contributed by atoms with Crippen molar-refractivity contribution >= 4 is 54.0 Å². The van der Waals surface area contributed by atoms with Crippen LogP contribution in [0.1, 0.15) is 13.0 Å². The van der Waals surface area contributed by atoms with Crippen LogP contribution in [0.15, 0.2) is 57.6 Å². The van der Waals surface area contributed by atoms with E-state index < -0.39 is 16.1 Å². The van der Waals surface area contributed by atoms with Gasteiger partial charge in [0.15, 0.2) is 5.13 Å². The Labute approximate surface area is 162 Å². The highest BCUT2D eigenvalue weighted by molar-refractivity contribution is 9.10. The molecule has 1 aromatic carbocycles. The van der Waals surface area contributed by atoms with Gasteiger partial charge in [0.2, 0.25) is 5.91 Å². The fourth-order valence-corrected chi connectivity index (χ4v) is 4.15. The molecule has 8 nitrogen and oxygen atoms in total. The van der Waals surface area contributed by atoms with Gasteiger partial charge >= 0.3 is 0 Å². The number of thiazole rings is 1. The summed E-state index contributed by atoms with van der Waals surface area (Å²) in [4.78, 5) is 16.3. The molecule has 3 rings (SSSR count). The van der Waals surface area contributed by atoms with Crippen LogP contribution in [0, 0.1) is 0 Å². The molecule has 0 saturated carbocycles. The molecule has 1 atom stereocenters. The summed E-state index contributed by atoms with van der Waals surface area (Å²) in [5, 5.41) is 8.78. The topological polar surface area (TPSA) is 106 Å². The second-order valence-electron chi connectivity index (χ2n) is 5.27. The summed E-state index contributed by atoms with van der Waals surface area (Å²) in [5.74, 6) is -0.267. The number of rotatable bonds is 6. The van der Waals surface area contributed by atoms with Gasteiger partial charge in [-0.05, 0) is 47.1 Å². The lowest BCUT2D eigenvalue weighted by atomic mass is 10.2. The molecule has 1 amide bonds. The number of carbonyl (C=O) groups is 1. The number of anilines is 2. The third kappa shape index (κ3) is 4.29. The highest BCUT2D eigenvalue weighted by Gasteiger charge is 2.18. The predicted octanol–water partition coefficient (Wildman–Crippen LogP) is 3.10. The maximum atomic E-state index is 12.3. The Morgan fingerprint density at radius 3 is 2.62 bits per heavy atom. The average molecular weight is 456 g/mol. The third-order valence-electron chi connectivity index (χ3n) is 3.43. The van der Waals surface area contributed by atoms with Crippen molar-refractivity contribution in [2.24, 2.45) is 0 Å². The standard InChI is InChI=1S/C15H14BrN5O3S2/c1-10(21-9-11(16)8-18-21)14(22)19-12-2-4-13(5-3-12)26(23,24)20-15-17-6-7-25-15/h2-10H,1H3,(H,17,20)(H,19,22). The summed E-state index contributed by atoms with van der Waals surface area (Å²) >= 11 is 4.47. The molecule has 2 N–H and O–H groups in total. The lowest BCUT2D eigenvalue weighted by molar-refractivity contribution is -0.119. The summed E-state index contributed by atoms with van der Waals surface area (Å²) in [6.45, 7) is 1.71. The summed E-state index contributed by atoms with van der Waals surface area (Å²) in [5.41, 5.74) is 0.487. The van der Waals surface area contributed by atoms with Crippen LogP contribution in [-0.4, -0.2) is 29.1 Å². The number of hydrogen-bond donors (Lipinski definition) is 2. The van der Waals surface area contributed by atoms with E-state index in [4.69, 9.17) is 0 Å². The first kappa shape index (κ1) is 18.5. The highest BCUT2D eigenvalue weighted by Crippen LogP contribution is 2.20. The SMILES string of the molecule is CC(C(=O)Nc1ccc(S(=O)(=O)Nc2nccs2)cc1)n1cc(Br)cn1. The van der Waals surface area contributed by atoms with Gasteiger partial charge in [-0.15, -0.1) is 11.3 Å². The summed E-state index contributed by atoms with van der Waals surface area (Å²) in [7, 11) is -3.72. The quantitative estimate of drug-likeness (QED) is 0.593. The Bertz CT molecular complexity index is 1000. The molecule has 2 aromatic heterocycles. The first-order chi connectivity index (χ1) is 12.3. The number of benzene rings is 1. The minimum atomic E-state index is -3.72. The Morgan fingerprint density at radius 1 is 1.31 bits per heavy atom. The van der Waals surface area contributed by atoms with E-state index in [9.17, 15) is 13.2 Å². The first-order valence-corrected chi connectivity index (χ1v) is 10.5. The number of sulfonamides is 1. The Hall–Kier alpha value is -2.24. The van der Waals surface area contributed by atoms with Gasteiger partial charge in [-0.2, -0.15) is 5.10 Å². The van der Waals surface area contributed by atoms with Gasteiger partial charge in [0.25, 0.3) is 10.0 Å². The number of nitrogens with one attached hydrogen (secondary N) is 2. The van der Waals surface area contributed by atoms with E-state index in [1.165, 1.54) is 46.5 Å². The van der Waals surface area contributed by atoms with Gasteiger partial charge in [0.1, 0.15) is 6.04 Å². The molecule has 0 saturated heterocycles. The monoisotopic (exact) mass is 455 g/mol. The largest absolute Gasteiger partial charge is 0.324 e. The number of carbonyl (C=O) groups excluding carboxylic acids is 1. The fraction of sp³-hybridized carbons (Fsp3) is 0.133. The zero-order valence-corrected chi connectivity index (χ0v) is 16.7. The zero-order chi connectivity index (χ0) is 18.7. The van der Waals surface area contributed by atoms with Gasteiger partial charge in [-0.1, -0.05) is 0 Å². The Balaban J connectivity index is 1.68. The highest BCUT2D eigenvalue weighted by atomic mass is 79.9. The van der Waals surface area contributed by atoms with Crippen molar-refractivity contribution in [3.63, 3.8) is 0 Å². The molecule has 0 radical (unpaired) electrons. The summed E-state index contributed by atoms with van der Waals surface area (Å²) < 4.78 is 29.3. The molecule has 0 aliphatic rings. The van der Waals surface area contributed by atoms with Crippen LogP contribution in [0.4, 0.5) is 10.8 Å². The summed E-state index contributed by atoms with van der Waals surface area (Å²) in [6.07, 6.45) is 4.81. The molecule has 26 heavy (non-hydrogen) atoms. The lowest BCUT2D eigenvalue weighted by Gasteiger charge is -2.13. The number of nitrogens with zero attached hydrogens (tertiary/aromatic N) is 3. The van der Waals surface area contributed by atoms with Crippen LogP contribution in [-0.2, 0) is 14.8 Å². The molecule has 136 valence electrons. The van der Waals surface area contributed by atoms with Crippen LogP contribution >= 0.6 is 27.3 Å². The Morgan fingerprint density at radius 2 is 2.04 bits per heavy atom. The van der Waals surface area contributed by atoms with Crippen LogP contribution in [0.3, 0.4) is 0 Å². The average Bonchev–Trinajstić information content (AvgIpc) is 3.26. The summed E-state index contributed by atoms with van der Waals surface area (Å²) in [6, 6.07) is 5.37. The maximum absolute atomic E-state index is 12.3. The minimum absolute atomic E-state index is 0.0785. The van der Waals surface area contributed by atoms with E-state index in [-0.39, 0.29) is 10.8 Å². The van der Waals surface area contributed by atoms with Gasteiger partial charge in [0.05, 0.1) is 15.6 Å². The van der Waals surface area contributed by atoms with Crippen LogP contribution in [0.5, 0.6) is 0 Å². The zero-order valence-electron chi connectivity index (χ0n) is 13.5. The molecule has 0 spiro atoms. The maximum Gasteiger partial charge on any atom is 0.263 e. The Kier molecular flexibility index (Phi) is 5.39. The van der Waals surface area contributed by atoms with E-state index in [2.05, 4.69) is 36.1 Å². The number of aromatic nitrogens is 3. The number of amides is 1. The van der Waals surface area contributed by atoms with Crippen molar-refractivity contribution < 1.29 is 13.2 Å². The number of halogens is 1. The van der Waals surface area contributed by atoms with Crippen LogP contribution in [0.2, 0.25) is 0 Å².